The van der Waals surface area contributed by atoms with E-state index < -0.39 is 11.8 Å². The van der Waals surface area contributed by atoms with Gasteiger partial charge in [-0.2, -0.15) is 0 Å². The fraction of sp³-hybridized carbons (Fsp3) is 0.133. The Labute approximate surface area is 109 Å². The lowest BCUT2D eigenvalue weighted by Gasteiger charge is -2.10. The summed E-state index contributed by atoms with van der Waals surface area (Å²) in [5.74, 6) is 0.110. The zero-order valence-corrected chi connectivity index (χ0v) is 10.0. The molecule has 96 valence electrons. The molecule has 0 saturated heterocycles. The van der Waals surface area contributed by atoms with Gasteiger partial charge in [0.25, 0.3) is 0 Å². The molecule has 1 aliphatic rings. The van der Waals surface area contributed by atoms with E-state index in [9.17, 15) is 14.0 Å². The highest BCUT2D eigenvalue weighted by atomic mass is 19.1. The van der Waals surface area contributed by atoms with Crippen molar-refractivity contribution >= 4 is 17.5 Å². The van der Waals surface area contributed by atoms with E-state index in [1.807, 2.05) is 0 Å². The van der Waals surface area contributed by atoms with Gasteiger partial charge in [0.2, 0.25) is 0 Å². The molecular weight excluding hydrogens is 247 g/mol. The van der Waals surface area contributed by atoms with Crippen LogP contribution in [0.5, 0.6) is 0 Å². The van der Waals surface area contributed by atoms with Gasteiger partial charge >= 0.3 is 5.97 Å². The van der Waals surface area contributed by atoms with Crippen molar-refractivity contribution in [3.63, 3.8) is 0 Å². The van der Waals surface area contributed by atoms with Crippen LogP contribution in [0, 0.1) is 0 Å². The van der Waals surface area contributed by atoms with Crippen molar-refractivity contribution in [3.8, 4) is 0 Å². The second-order valence-corrected chi connectivity index (χ2v) is 4.20. The number of rotatable bonds is 3. The van der Waals surface area contributed by atoms with Crippen LogP contribution in [0.25, 0.3) is 5.57 Å². The van der Waals surface area contributed by atoms with Gasteiger partial charge in [-0.15, -0.1) is 0 Å². The van der Waals surface area contributed by atoms with Gasteiger partial charge < -0.3 is 5.11 Å². The number of carbonyl (C=O) groups is 1. The molecule has 0 fully saturated rings. The van der Waals surface area contributed by atoms with Crippen molar-refractivity contribution in [2.75, 3.05) is 0 Å². The average Bonchev–Trinajstić information content (AvgIpc) is 2.39. The van der Waals surface area contributed by atoms with Gasteiger partial charge in [-0.25, -0.2) is 9.18 Å². The highest BCUT2D eigenvalue weighted by Gasteiger charge is 2.12. The molecule has 2 rings (SSSR count). The van der Waals surface area contributed by atoms with Crippen LogP contribution in [0.3, 0.4) is 0 Å². The van der Waals surface area contributed by atoms with Crippen LogP contribution in [-0.4, -0.2) is 17.0 Å². The summed E-state index contributed by atoms with van der Waals surface area (Å²) in [4.78, 5) is 21.0. The van der Waals surface area contributed by atoms with Gasteiger partial charge in [0.1, 0.15) is 11.8 Å². The minimum atomic E-state index is -0.892. The lowest BCUT2D eigenvalue weighted by molar-refractivity contribution is -0.136. The average molecular weight is 258 g/mol. The monoisotopic (exact) mass is 258 g/mol. The predicted octanol–water partition coefficient (Wildman–Crippen LogP) is 2.71. The van der Waals surface area contributed by atoms with E-state index >= 15 is 0 Å². The van der Waals surface area contributed by atoms with Crippen molar-refractivity contribution in [1.82, 2.24) is 0 Å². The summed E-state index contributed by atoms with van der Waals surface area (Å²) in [5, 5.41) is 8.67. The largest absolute Gasteiger partial charge is 0.481 e. The molecular formula is C15H11FO3. The standard InChI is InChI=1S/C15H11FO3/c16-14-8-12(5-6-13(14)9-17)11-3-1-10(2-4-11)7-15(18)19/h1-5,8H,6-7H2,(H,18,19). The first-order valence-electron chi connectivity index (χ1n) is 5.73. The Hall–Kier alpha value is -2.45. The minimum absolute atomic E-state index is 0.0197. The van der Waals surface area contributed by atoms with Crippen LogP contribution in [-0.2, 0) is 16.0 Å². The maximum absolute atomic E-state index is 13.5. The highest BCUT2D eigenvalue weighted by Crippen LogP contribution is 2.28. The molecule has 0 aromatic heterocycles. The predicted molar refractivity (Wildman–Crippen MR) is 68.8 cm³/mol. The molecule has 0 heterocycles. The van der Waals surface area contributed by atoms with Crippen molar-refractivity contribution in [2.45, 2.75) is 12.8 Å². The van der Waals surface area contributed by atoms with Gasteiger partial charge in [0.05, 0.1) is 12.0 Å². The number of carboxylic acids is 1. The van der Waals surface area contributed by atoms with E-state index in [1.165, 1.54) is 6.08 Å². The van der Waals surface area contributed by atoms with Crippen molar-refractivity contribution in [2.24, 2.45) is 0 Å². The summed E-state index contributed by atoms with van der Waals surface area (Å²) in [7, 11) is 0. The fourth-order valence-electron chi connectivity index (χ4n) is 1.87. The molecule has 0 radical (unpaired) electrons. The minimum Gasteiger partial charge on any atom is -0.481 e. The Kier molecular flexibility index (Phi) is 3.74. The Balaban J connectivity index is 2.22. The van der Waals surface area contributed by atoms with Crippen LogP contribution in [0.2, 0.25) is 0 Å². The van der Waals surface area contributed by atoms with Crippen LogP contribution in [0.15, 0.2) is 47.8 Å². The maximum Gasteiger partial charge on any atom is 0.307 e. The zero-order valence-electron chi connectivity index (χ0n) is 10.0. The Morgan fingerprint density at radius 3 is 2.53 bits per heavy atom. The Morgan fingerprint density at radius 1 is 1.32 bits per heavy atom. The third kappa shape index (κ3) is 3.06. The lowest BCUT2D eigenvalue weighted by atomic mass is 9.96. The molecule has 0 amide bonds. The number of halogens is 1. The van der Waals surface area contributed by atoms with Gasteiger partial charge in [-0.05, 0) is 22.8 Å². The lowest BCUT2D eigenvalue weighted by Crippen LogP contribution is -2.00. The van der Waals surface area contributed by atoms with Crippen molar-refractivity contribution < 1.29 is 19.1 Å². The highest BCUT2D eigenvalue weighted by molar-refractivity contribution is 5.80. The number of carboxylic acid groups (broad SMARTS) is 1. The van der Waals surface area contributed by atoms with Crippen LogP contribution >= 0.6 is 0 Å². The van der Waals surface area contributed by atoms with Crippen LogP contribution in [0.1, 0.15) is 17.5 Å². The summed E-state index contributed by atoms with van der Waals surface area (Å²) in [6.07, 6.45) is 3.21. The van der Waals surface area contributed by atoms with Gasteiger partial charge in [-0.3, -0.25) is 4.79 Å². The molecule has 0 spiro atoms. The molecule has 19 heavy (non-hydrogen) atoms. The Bertz CT molecular complexity index is 617. The van der Waals surface area contributed by atoms with E-state index in [1.54, 1.807) is 36.3 Å². The summed E-state index contributed by atoms with van der Waals surface area (Å²) >= 11 is 0. The van der Waals surface area contributed by atoms with Crippen molar-refractivity contribution in [1.29, 1.82) is 0 Å². The molecule has 0 bridgehead atoms. The van der Waals surface area contributed by atoms with E-state index in [4.69, 9.17) is 5.11 Å². The molecule has 3 nitrogen and oxygen atoms in total. The third-order valence-corrected chi connectivity index (χ3v) is 2.86. The van der Waals surface area contributed by atoms with Gasteiger partial charge in [0.15, 0.2) is 0 Å². The van der Waals surface area contributed by atoms with Crippen LogP contribution in [0.4, 0.5) is 4.39 Å². The molecule has 1 aliphatic carbocycles. The quantitative estimate of drug-likeness (QED) is 0.848. The van der Waals surface area contributed by atoms with Gasteiger partial charge in [0, 0.05) is 6.42 Å². The van der Waals surface area contributed by atoms with E-state index in [-0.39, 0.29) is 18.4 Å². The summed E-state index contributed by atoms with van der Waals surface area (Å²) in [6, 6.07) is 6.87. The van der Waals surface area contributed by atoms with E-state index in [0.717, 1.165) is 5.56 Å². The van der Waals surface area contributed by atoms with Crippen molar-refractivity contribution in [3.05, 3.63) is 58.9 Å². The number of carbonyl (C=O) groups excluding carboxylic acids is 1. The molecule has 0 atom stereocenters. The second-order valence-electron chi connectivity index (χ2n) is 4.20. The maximum atomic E-state index is 13.5. The Morgan fingerprint density at radius 2 is 2.00 bits per heavy atom. The number of hydrogen-bond donors (Lipinski definition) is 1. The third-order valence-electron chi connectivity index (χ3n) is 2.86. The number of allylic oxidation sites excluding steroid dienone is 5. The SMILES string of the molecule is O=C=C1CC=C(c2ccc(CC(=O)O)cc2)C=C1F. The molecule has 0 unspecified atom stereocenters. The molecule has 4 heteroatoms. The molecule has 1 N–H and O–H groups in total. The zero-order chi connectivity index (χ0) is 13.8. The summed E-state index contributed by atoms with van der Waals surface area (Å²) < 4.78 is 13.5. The molecule has 0 aliphatic heterocycles. The number of aliphatic carboxylic acids is 1. The summed E-state index contributed by atoms with van der Waals surface area (Å²) in [6.45, 7) is 0. The fourth-order valence-corrected chi connectivity index (χ4v) is 1.87. The van der Waals surface area contributed by atoms with E-state index in [2.05, 4.69) is 0 Å². The number of hydrogen-bond acceptors (Lipinski definition) is 2. The second kappa shape index (κ2) is 5.46. The molecule has 1 aromatic carbocycles. The number of benzene rings is 1. The summed E-state index contributed by atoms with van der Waals surface area (Å²) in [5.41, 5.74) is 2.17. The smallest absolute Gasteiger partial charge is 0.307 e. The molecule has 1 aromatic rings. The van der Waals surface area contributed by atoms with Crippen LogP contribution < -0.4 is 0 Å². The normalized spacial score (nSPS) is 14.5. The topological polar surface area (TPSA) is 54.4 Å². The first kappa shape index (κ1) is 13.0. The molecule has 0 saturated carbocycles. The first-order chi connectivity index (χ1) is 9.10. The van der Waals surface area contributed by atoms with Gasteiger partial charge in [-0.1, -0.05) is 30.3 Å². The van der Waals surface area contributed by atoms with E-state index in [0.29, 0.717) is 11.1 Å². The first-order valence-corrected chi connectivity index (χ1v) is 5.73.